The molecule has 0 aliphatic carbocycles. The van der Waals surface area contributed by atoms with Crippen molar-refractivity contribution in [2.75, 3.05) is 24.5 Å². The summed E-state index contributed by atoms with van der Waals surface area (Å²) in [7, 11) is 0. The Bertz CT molecular complexity index is 671. The summed E-state index contributed by atoms with van der Waals surface area (Å²) in [4.78, 5) is 19.2. The summed E-state index contributed by atoms with van der Waals surface area (Å²) in [5.74, 6) is 0.165. The third-order valence-corrected chi connectivity index (χ3v) is 5.25. The maximum atomic E-state index is 13.0. The summed E-state index contributed by atoms with van der Waals surface area (Å²) in [6, 6.07) is 6.58. The van der Waals surface area contributed by atoms with Crippen LogP contribution in [0.2, 0.25) is 0 Å². The quantitative estimate of drug-likeness (QED) is 0.914. The van der Waals surface area contributed by atoms with E-state index in [2.05, 4.69) is 15.2 Å². The molecule has 1 unspecified atom stereocenters. The lowest BCUT2D eigenvalue weighted by atomic mass is 10.1. The Morgan fingerprint density at radius 1 is 1.43 bits per heavy atom. The van der Waals surface area contributed by atoms with Crippen molar-refractivity contribution in [3.8, 4) is 0 Å². The molecule has 4 nitrogen and oxygen atoms in total. The van der Waals surface area contributed by atoms with Crippen molar-refractivity contribution < 1.29 is 9.18 Å². The van der Waals surface area contributed by atoms with Gasteiger partial charge in [0.2, 0.25) is 0 Å². The number of carbonyl (C=O) groups is 1. The first-order chi connectivity index (χ1) is 11.2. The molecule has 122 valence electrons. The van der Waals surface area contributed by atoms with Gasteiger partial charge < -0.3 is 10.2 Å². The molecule has 23 heavy (non-hydrogen) atoms. The Hall–Kier alpha value is -1.95. The zero-order chi connectivity index (χ0) is 16.2. The number of nitrogens with zero attached hydrogens (tertiary/aromatic N) is 2. The summed E-state index contributed by atoms with van der Waals surface area (Å²) in [6.45, 7) is 4.51. The molecule has 1 saturated heterocycles. The summed E-state index contributed by atoms with van der Waals surface area (Å²) in [5.41, 5.74) is 1.04. The lowest BCUT2D eigenvalue weighted by molar-refractivity contribution is 0.0952. The Morgan fingerprint density at radius 2 is 2.22 bits per heavy atom. The lowest BCUT2D eigenvalue weighted by Gasteiger charge is -2.18. The van der Waals surface area contributed by atoms with Gasteiger partial charge >= 0.3 is 0 Å². The van der Waals surface area contributed by atoms with Crippen LogP contribution >= 0.6 is 11.3 Å². The fraction of sp³-hybridized carbons (Fsp3) is 0.412. The van der Waals surface area contributed by atoms with Gasteiger partial charge in [-0.25, -0.2) is 9.37 Å². The molecule has 1 fully saturated rings. The van der Waals surface area contributed by atoms with Gasteiger partial charge in [-0.15, -0.1) is 11.3 Å². The number of rotatable bonds is 5. The van der Waals surface area contributed by atoms with Gasteiger partial charge in [0.05, 0.1) is 11.2 Å². The second-order valence-electron chi connectivity index (χ2n) is 5.76. The van der Waals surface area contributed by atoms with Crippen molar-refractivity contribution >= 4 is 22.9 Å². The van der Waals surface area contributed by atoms with Crippen LogP contribution in [0.3, 0.4) is 0 Å². The highest BCUT2D eigenvalue weighted by Crippen LogP contribution is 2.23. The van der Waals surface area contributed by atoms with E-state index in [0.717, 1.165) is 36.6 Å². The third-order valence-electron chi connectivity index (χ3n) is 4.11. The number of aromatic nitrogens is 1. The molecule has 2 aromatic rings. The molecular weight excluding hydrogens is 313 g/mol. The van der Waals surface area contributed by atoms with Crippen LogP contribution < -0.4 is 10.2 Å². The monoisotopic (exact) mass is 333 g/mol. The van der Waals surface area contributed by atoms with Crippen LogP contribution in [0.1, 0.15) is 28.0 Å². The Balaban J connectivity index is 1.50. The van der Waals surface area contributed by atoms with Gasteiger partial charge in [0.15, 0.2) is 0 Å². The number of thiazole rings is 1. The van der Waals surface area contributed by atoms with Crippen molar-refractivity contribution in [3.05, 3.63) is 46.2 Å². The average Bonchev–Trinajstić information content (AvgIpc) is 3.22. The lowest BCUT2D eigenvalue weighted by Crippen LogP contribution is -2.30. The third kappa shape index (κ3) is 3.88. The van der Waals surface area contributed by atoms with Crippen molar-refractivity contribution in [2.45, 2.75) is 19.8 Å². The minimum atomic E-state index is -0.215. The van der Waals surface area contributed by atoms with Crippen LogP contribution in [-0.2, 0) is 6.42 Å². The number of halogens is 1. The van der Waals surface area contributed by atoms with Crippen LogP contribution in [0, 0.1) is 11.7 Å². The molecule has 3 rings (SSSR count). The molecule has 1 N–H and O–H groups in total. The summed E-state index contributed by atoms with van der Waals surface area (Å²) < 4.78 is 13.0. The van der Waals surface area contributed by atoms with Gasteiger partial charge in [-0.2, -0.15) is 0 Å². The SMILES string of the molecule is CCc1ncc(C(=O)NCC2CCN(c3ccc(F)cc3)C2)s1. The maximum Gasteiger partial charge on any atom is 0.263 e. The molecule has 2 heterocycles. The topological polar surface area (TPSA) is 45.2 Å². The number of amides is 1. The van der Waals surface area contributed by atoms with Crippen molar-refractivity contribution in [2.24, 2.45) is 5.92 Å². The average molecular weight is 333 g/mol. The molecule has 0 bridgehead atoms. The standard InChI is InChI=1S/C17H20FN3OS/c1-2-16-19-10-15(23-16)17(22)20-9-12-7-8-21(11-12)14-5-3-13(18)4-6-14/h3-6,10,12H,2,7-9,11H2,1H3,(H,20,22). The number of nitrogens with one attached hydrogen (secondary N) is 1. The summed E-state index contributed by atoms with van der Waals surface area (Å²) in [6.07, 6.45) is 3.53. The van der Waals surface area contributed by atoms with Gasteiger partial charge in [0.25, 0.3) is 5.91 Å². The van der Waals surface area contributed by atoms with Crippen molar-refractivity contribution in [1.29, 1.82) is 0 Å². The van der Waals surface area contributed by atoms with Gasteiger partial charge in [-0.1, -0.05) is 6.92 Å². The Labute approximate surface area is 139 Å². The molecule has 0 spiro atoms. The first-order valence-corrected chi connectivity index (χ1v) is 8.70. The van der Waals surface area contributed by atoms with Crippen LogP contribution in [0.15, 0.2) is 30.5 Å². The highest BCUT2D eigenvalue weighted by Gasteiger charge is 2.23. The second kappa shape index (κ2) is 7.08. The van der Waals surface area contributed by atoms with Crippen LogP contribution in [0.5, 0.6) is 0 Å². The zero-order valence-electron chi connectivity index (χ0n) is 13.1. The maximum absolute atomic E-state index is 13.0. The molecule has 1 aliphatic rings. The van der Waals surface area contributed by atoms with E-state index in [1.54, 1.807) is 18.3 Å². The van der Waals surface area contributed by atoms with E-state index in [1.165, 1.54) is 23.5 Å². The number of hydrogen-bond donors (Lipinski definition) is 1. The van der Waals surface area contributed by atoms with Gasteiger partial charge in [-0.05, 0) is 43.0 Å². The normalized spacial score (nSPS) is 17.5. The predicted octanol–water partition coefficient (Wildman–Crippen LogP) is 3.10. The fourth-order valence-electron chi connectivity index (χ4n) is 2.79. The largest absolute Gasteiger partial charge is 0.371 e. The van der Waals surface area contributed by atoms with E-state index in [1.807, 2.05) is 6.92 Å². The van der Waals surface area contributed by atoms with E-state index >= 15 is 0 Å². The minimum absolute atomic E-state index is 0.0394. The minimum Gasteiger partial charge on any atom is -0.371 e. The fourth-order valence-corrected chi connectivity index (χ4v) is 3.56. The van der Waals surface area contributed by atoms with E-state index in [0.29, 0.717) is 17.3 Å². The number of aryl methyl sites for hydroxylation is 1. The number of anilines is 1. The zero-order valence-corrected chi connectivity index (χ0v) is 13.9. The first-order valence-electron chi connectivity index (χ1n) is 7.89. The van der Waals surface area contributed by atoms with Gasteiger partial charge in [-0.3, -0.25) is 4.79 Å². The molecule has 1 aliphatic heterocycles. The van der Waals surface area contributed by atoms with Gasteiger partial charge in [0.1, 0.15) is 10.7 Å². The Kier molecular flexibility index (Phi) is 4.91. The van der Waals surface area contributed by atoms with E-state index in [-0.39, 0.29) is 11.7 Å². The smallest absolute Gasteiger partial charge is 0.263 e. The molecule has 0 saturated carbocycles. The summed E-state index contributed by atoms with van der Waals surface area (Å²) >= 11 is 1.45. The van der Waals surface area contributed by atoms with E-state index in [9.17, 15) is 9.18 Å². The highest BCUT2D eigenvalue weighted by atomic mass is 32.1. The molecule has 1 atom stereocenters. The molecule has 1 aromatic carbocycles. The second-order valence-corrected chi connectivity index (χ2v) is 6.87. The Morgan fingerprint density at radius 3 is 2.91 bits per heavy atom. The van der Waals surface area contributed by atoms with E-state index < -0.39 is 0 Å². The molecule has 0 radical (unpaired) electrons. The molecule has 1 aromatic heterocycles. The van der Waals surface area contributed by atoms with Gasteiger partial charge in [0, 0.05) is 25.3 Å². The van der Waals surface area contributed by atoms with Crippen LogP contribution in [0.25, 0.3) is 0 Å². The number of hydrogen-bond acceptors (Lipinski definition) is 4. The molecular formula is C17H20FN3OS. The van der Waals surface area contributed by atoms with Crippen LogP contribution in [0.4, 0.5) is 10.1 Å². The molecule has 6 heteroatoms. The molecule has 1 amide bonds. The number of benzene rings is 1. The highest BCUT2D eigenvalue weighted by molar-refractivity contribution is 7.13. The van der Waals surface area contributed by atoms with E-state index in [4.69, 9.17) is 0 Å². The summed E-state index contributed by atoms with van der Waals surface area (Å²) in [5, 5.41) is 3.99. The first kappa shape index (κ1) is 15.9. The number of carbonyl (C=O) groups excluding carboxylic acids is 1. The van der Waals surface area contributed by atoms with Crippen LogP contribution in [-0.4, -0.2) is 30.5 Å². The predicted molar refractivity (Wildman–Crippen MR) is 90.5 cm³/mol. The van der Waals surface area contributed by atoms with Crippen molar-refractivity contribution in [1.82, 2.24) is 10.3 Å². The van der Waals surface area contributed by atoms with Crippen molar-refractivity contribution in [3.63, 3.8) is 0 Å².